The number of hydrogen-bond acceptors (Lipinski definition) is 5. The van der Waals surface area contributed by atoms with Gasteiger partial charge in [-0.3, -0.25) is 14.9 Å². The molecular weight excluding hydrogens is 437 g/mol. The zero-order valence-corrected chi connectivity index (χ0v) is 17.2. The van der Waals surface area contributed by atoms with Gasteiger partial charge in [0, 0.05) is 22.7 Å². The molecule has 0 aliphatic rings. The molecule has 0 saturated carbocycles. The summed E-state index contributed by atoms with van der Waals surface area (Å²) in [7, 11) is 0. The van der Waals surface area contributed by atoms with Crippen molar-refractivity contribution >= 4 is 35.0 Å². The first kappa shape index (κ1) is 22.5. The summed E-state index contributed by atoms with van der Waals surface area (Å²) >= 11 is 6.05. The minimum Gasteiger partial charge on any atom is -0.488 e. The maximum absolute atomic E-state index is 13.8. The van der Waals surface area contributed by atoms with E-state index in [0.717, 1.165) is 0 Å². The molecule has 0 aromatic heterocycles. The molecule has 7 nitrogen and oxygen atoms in total. The van der Waals surface area contributed by atoms with E-state index in [4.69, 9.17) is 16.3 Å². The lowest BCUT2D eigenvalue weighted by molar-refractivity contribution is -0.384. The van der Waals surface area contributed by atoms with Gasteiger partial charge in [0.2, 0.25) is 0 Å². The van der Waals surface area contributed by atoms with Crippen molar-refractivity contribution in [2.75, 3.05) is 5.32 Å². The van der Waals surface area contributed by atoms with Gasteiger partial charge in [0.1, 0.15) is 29.8 Å². The topological polar surface area (TPSA) is 105 Å². The van der Waals surface area contributed by atoms with E-state index in [1.165, 1.54) is 42.5 Å². The van der Waals surface area contributed by atoms with Crippen molar-refractivity contribution in [1.29, 1.82) is 5.26 Å². The highest BCUT2D eigenvalue weighted by atomic mass is 35.5. The van der Waals surface area contributed by atoms with E-state index >= 15 is 0 Å². The number of para-hydroxylation sites is 1. The number of nitriles is 1. The fourth-order valence-corrected chi connectivity index (χ4v) is 2.92. The number of nitro benzene ring substituents is 1. The molecule has 1 N–H and O–H groups in total. The molecule has 0 aliphatic heterocycles. The summed E-state index contributed by atoms with van der Waals surface area (Å²) in [6.45, 7) is 0.00740. The number of carbonyl (C=O) groups excluding carboxylic acids is 1. The van der Waals surface area contributed by atoms with E-state index in [9.17, 15) is 24.6 Å². The van der Waals surface area contributed by atoms with Gasteiger partial charge in [-0.2, -0.15) is 5.26 Å². The number of nitrogens with one attached hydrogen (secondary N) is 1. The van der Waals surface area contributed by atoms with Gasteiger partial charge in [0.15, 0.2) is 0 Å². The number of hydrogen-bond donors (Lipinski definition) is 1. The molecule has 3 aromatic carbocycles. The maximum atomic E-state index is 13.8. The summed E-state index contributed by atoms with van der Waals surface area (Å²) < 4.78 is 19.6. The second-order valence-electron chi connectivity index (χ2n) is 6.50. The number of halogens is 2. The van der Waals surface area contributed by atoms with Crippen molar-refractivity contribution in [2.45, 2.75) is 6.61 Å². The molecule has 0 spiro atoms. The van der Waals surface area contributed by atoms with Gasteiger partial charge < -0.3 is 10.1 Å². The van der Waals surface area contributed by atoms with Crippen molar-refractivity contribution in [1.82, 2.24) is 0 Å². The number of rotatable bonds is 7. The number of anilines is 1. The summed E-state index contributed by atoms with van der Waals surface area (Å²) in [6, 6.07) is 17.9. The third-order valence-corrected chi connectivity index (χ3v) is 4.51. The number of benzene rings is 3. The summed E-state index contributed by atoms with van der Waals surface area (Å²) in [4.78, 5) is 22.9. The molecule has 0 radical (unpaired) electrons. The predicted molar refractivity (Wildman–Crippen MR) is 118 cm³/mol. The fourth-order valence-electron chi connectivity index (χ4n) is 2.74. The third kappa shape index (κ3) is 5.68. The van der Waals surface area contributed by atoms with Crippen LogP contribution in [0, 0.1) is 27.3 Å². The lowest BCUT2D eigenvalue weighted by Gasteiger charge is -2.11. The number of amides is 1. The Morgan fingerprint density at radius 1 is 1.19 bits per heavy atom. The van der Waals surface area contributed by atoms with Gasteiger partial charge in [0.05, 0.1) is 10.6 Å². The van der Waals surface area contributed by atoms with Crippen molar-refractivity contribution in [2.24, 2.45) is 0 Å². The summed E-state index contributed by atoms with van der Waals surface area (Å²) in [5.74, 6) is -1.14. The highest BCUT2D eigenvalue weighted by molar-refractivity contribution is 6.30. The molecule has 0 aliphatic carbocycles. The molecule has 0 unspecified atom stereocenters. The molecule has 3 rings (SSSR count). The number of nitrogens with zero attached hydrogens (tertiary/aromatic N) is 2. The normalized spacial score (nSPS) is 10.8. The lowest BCUT2D eigenvalue weighted by Crippen LogP contribution is -2.14. The second-order valence-corrected chi connectivity index (χ2v) is 6.94. The van der Waals surface area contributed by atoms with Crippen molar-refractivity contribution in [3.63, 3.8) is 0 Å². The molecule has 3 aromatic rings. The Balaban J connectivity index is 1.84. The zero-order valence-electron chi connectivity index (χ0n) is 16.4. The fraction of sp³-hybridized carbons (Fsp3) is 0.0435. The van der Waals surface area contributed by atoms with Gasteiger partial charge in [-0.15, -0.1) is 0 Å². The largest absolute Gasteiger partial charge is 0.488 e. The van der Waals surface area contributed by atoms with Crippen LogP contribution in [0.4, 0.5) is 15.8 Å². The van der Waals surface area contributed by atoms with Crippen LogP contribution in [0.1, 0.15) is 11.1 Å². The quantitative estimate of drug-likeness (QED) is 0.220. The Labute approximate surface area is 187 Å². The Morgan fingerprint density at radius 3 is 2.69 bits per heavy atom. The third-order valence-electron chi connectivity index (χ3n) is 4.27. The maximum Gasteiger partial charge on any atom is 0.269 e. The van der Waals surface area contributed by atoms with Gasteiger partial charge in [-0.25, -0.2) is 4.39 Å². The van der Waals surface area contributed by atoms with Gasteiger partial charge in [-0.1, -0.05) is 35.9 Å². The van der Waals surface area contributed by atoms with Crippen LogP contribution < -0.4 is 10.1 Å². The Bertz CT molecular complexity index is 1250. The van der Waals surface area contributed by atoms with E-state index in [2.05, 4.69) is 5.32 Å². The minimum atomic E-state index is -0.804. The molecule has 0 atom stereocenters. The molecule has 0 heterocycles. The van der Waals surface area contributed by atoms with Crippen LogP contribution in [-0.2, 0) is 11.4 Å². The van der Waals surface area contributed by atoms with Crippen molar-refractivity contribution in [3.05, 3.63) is 104 Å². The van der Waals surface area contributed by atoms with E-state index in [1.54, 1.807) is 36.4 Å². The first-order valence-electron chi connectivity index (χ1n) is 9.20. The molecule has 0 bridgehead atoms. The molecule has 9 heteroatoms. The van der Waals surface area contributed by atoms with Gasteiger partial charge in [0.25, 0.3) is 11.6 Å². The van der Waals surface area contributed by atoms with Crippen molar-refractivity contribution < 1.29 is 18.8 Å². The van der Waals surface area contributed by atoms with Crippen LogP contribution in [-0.4, -0.2) is 10.8 Å². The van der Waals surface area contributed by atoms with Crippen LogP contribution in [0.5, 0.6) is 5.75 Å². The number of carbonyl (C=O) groups is 1. The van der Waals surface area contributed by atoms with Crippen LogP contribution in [0.2, 0.25) is 5.02 Å². The van der Waals surface area contributed by atoms with E-state index < -0.39 is 16.6 Å². The average molecular weight is 452 g/mol. The Kier molecular flexibility index (Phi) is 7.16. The first-order valence-corrected chi connectivity index (χ1v) is 9.58. The molecule has 32 heavy (non-hydrogen) atoms. The SMILES string of the molecule is N#C/C(=C\c1cc(Cl)ccc1OCc1cccc([N+](=O)[O-])c1)C(=O)Nc1ccccc1F. The number of ether oxygens (including phenoxy) is 1. The molecule has 0 saturated heterocycles. The number of nitro groups is 1. The minimum absolute atomic E-state index is 0.00740. The standard InChI is InChI=1S/C23H15ClFN3O4/c24-18-8-9-22(32-14-15-4-3-5-19(10-15)28(30)31)16(12-18)11-17(13-26)23(29)27-21-7-2-1-6-20(21)25/h1-12H,14H2,(H,27,29)/b17-11+. The number of non-ortho nitro benzene ring substituents is 1. The highest BCUT2D eigenvalue weighted by Gasteiger charge is 2.14. The molecule has 1 amide bonds. The Morgan fingerprint density at radius 2 is 1.97 bits per heavy atom. The summed E-state index contributed by atoms with van der Waals surface area (Å²) in [6.07, 6.45) is 1.27. The van der Waals surface area contributed by atoms with Crippen LogP contribution in [0.25, 0.3) is 6.08 Å². The lowest BCUT2D eigenvalue weighted by atomic mass is 10.1. The van der Waals surface area contributed by atoms with Gasteiger partial charge >= 0.3 is 0 Å². The summed E-state index contributed by atoms with van der Waals surface area (Å²) in [5, 5.41) is 23.1. The smallest absolute Gasteiger partial charge is 0.269 e. The zero-order chi connectivity index (χ0) is 23.1. The van der Waals surface area contributed by atoms with Crippen LogP contribution in [0.3, 0.4) is 0 Å². The average Bonchev–Trinajstić information content (AvgIpc) is 2.78. The summed E-state index contributed by atoms with van der Waals surface area (Å²) in [5.41, 5.74) is 0.464. The second kappa shape index (κ2) is 10.2. The monoisotopic (exact) mass is 451 g/mol. The van der Waals surface area contributed by atoms with Crippen LogP contribution in [0.15, 0.2) is 72.3 Å². The van der Waals surface area contributed by atoms with E-state index in [1.807, 2.05) is 0 Å². The first-order chi connectivity index (χ1) is 15.4. The molecule has 160 valence electrons. The van der Waals surface area contributed by atoms with E-state index in [-0.39, 0.29) is 23.6 Å². The predicted octanol–water partition coefficient (Wildman–Crippen LogP) is 5.51. The van der Waals surface area contributed by atoms with Crippen LogP contribution >= 0.6 is 11.6 Å². The molecular formula is C23H15ClFN3O4. The highest BCUT2D eigenvalue weighted by Crippen LogP contribution is 2.27. The van der Waals surface area contributed by atoms with Crippen molar-refractivity contribution in [3.8, 4) is 11.8 Å². The van der Waals surface area contributed by atoms with E-state index in [0.29, 0.717) is 21.9 Å². The molecule has 0 fully saturated rings. The Hall–Kier alpha value is -4.22. The van der Waals surface area contributed by atoms with Gasteiger partial charge in [-0.05, 0) is 42.0 Å².